The van der Waals surface area contributed by atoms with Crippen LogP contribution < -0.4 is 0 Å². The van der Waals surface area contributed by atoms with Crippen LogP contribution in [0.4, 0.5) is 0 Å². The minimum Gasteiger partial charge on any atom is -0.468 e. The predicted molar refractivity (Wildman–Crippen MR) is 90.2 cm³/mol. The van der Waals surface area contributed by atoms with Crippen molar-refractivity contribution in [2.24, 2.45) is 17.3 Å². The van der Waals surface area contributed by atoms with Crippen LogP contribution in [0, 0.1) is 24.2 Å². The van der Waals surface area contributed by atoms with Crippen molar-refractivity contribution in [3.63, 3.8) is 0 Å². The van der Waals surface area contributed by atoms with Crippen LogP contribution in [-0.2, 0) is 22.4 Å². The molecule has 1 aromatic heterocycles. The Morgan fingerprint density at radius 2 is 2.26 bits per heavy atom. The largest absolute Gasteiger partial charge is 0.468 e. The van der Waals surface area contributed by atoms with Crippen LogP contribution in [0.5, 0.6) is 0 Å². The first kappa shape index (κ1) is 16.4. The van der Waals surface area contributed by atoms with Gasteiger partial charge in [0, 0.05) is 18.8 Å². The van der Waals surface area contributed by atoms with E-state index in [1.54, 1.807) is 0 Å². The minimum absolute atomic E-state index is 0.0148. The van der Waals surface area contributed by atoms with E-state index in [1.165, 1.54) is 16.7 Å². The van der Waals surface area contributed by atoms with Gasteiger partial charge in [-0.1, -0.05) is 39.3 Å². The number of rotatable bonds is 3. The molecule has 3 rings (SSSR count). The zero-order valence-corrected chi connectivity index (χ0v) is 14.9. The van der Waals surface area contributed by atoms with Crippen molar-refractivity contribution >= 4 is 5.97 Å². The van der Waals surface area contributed by atoms with E-state index in [2.05, 4.69) is 26.8 Å². The van der Waals surface area contributed by atoms with Crippen molar-refractivity contribution in [1.29, 1.82) is 0 Å². The molecule has 0 radical (unpaired) electrons. The van der Waals surface area contributed by atoms with Crippen molar-refractivity contribution in [1.82, 2.24) is 0 Å². The maximum absolute atomic E-state index is 12.2. The van der Waals surface area contributed by atoms with Crippen molar-refractivity contribution in [2.45, 2.75) is 66.4 Å². The van der Waals surface area contributed by atoms with Gasteiger partial charge in [-0.15, -0.1) is 0 Å². The third kappa shape index (κ3) is 2.64. The molecule has 1 heterocycles. The van der Waals surface area contributed by atoms with Crippen LogP contribution in [0.2, 0.25) is 0 Å². The number of fused-ring (bicyclic) bond motifs is 2. The lowest BCUT2D eigenvalue weighted by Gasteiger charge is -2.47. The summed E-state index contributed by atoms with van der Waals surface area (Å²) in [6.07, 6.45) is 7.68. The van der Waals surface area contributed by atoms with E-state index in [1.807, 2.05) is 20.1 Å². The van der Waals surface area contributed by atoms with Crippen LogP contribution in [0.15, 0.2) is 22.3 Å². The maximum Gasteiger partial charge on any atom is 0.308 e. The smallest absolute Gasteiger partial charge is 0.308 e. The maximum atomic E-state index is 12.2. The quantitative estimate of drug-likeness (QED) is 0.603. The van der Waals surface area contributed by atoms with Gasteiger partial charge in [-0.25, -0.2) is 0 Å². The summed E-state index contributed by atoms with van der Waals surface area (Å²) < 4.78 is 11.6. The van der Waals surface area contributed by atoms with Gasteiger partial charge in [0.05, 0.1) is 12.2 Å². The average Bonchev–Trinajstić information content (AvgIpc) is 2.88. The number of allylic oxidation sites excluding steroid dienone is 1. The molecule has 0 aromatic carbocycles. The third-order valence-electron chi connectivity index (χ3n) is 6.26. The van der Waals surface area contributed by atoms with Gasteiger partial charge in [-0.05, 0) is 36.3 Å². The highest BCUT2D eigenvalue weighted by atomic mass is 16.5. The molecule has 23 heavy (non-hydrogen) atoms. The van der Waals surface area contributed by atoms with Gasteiger partial charge in [-0.2, -0.15) is 0 Å². The number of aryl methyl sites for hydroxylation is 1. The summed E-state index contributed by atoms with van der Waals surface area (Å²) in [7, 11) is 0. The Labute approximate surface area is 139 Å². The fraction of sp³-hybridized carbons (Fsp3) is 0.650. The molecule has 0 amide bonds. The van der Waals surface area contributed by atoms with Gasteiger partial charge in [0.1, 0.15) is 11.9 Å². The number of furan rings is 1. The van der Waals surface area contributed by atoms with E-state index >= 15 is 0 Å². The summed E-state index contributed by atoms with van der Waals surface area (Å²) in [4.78, 5) is 12.2. The minimum atomic E-state index is -0.0548. The van der Waals surface area contributed by atoms with E-state index in [-0.39, 0.29) is 23.4 Å². The molecule has 0 saturated carbocycles. The molecule has 1 aromatic rings. The number of ether oxygens (including phenoxy) is 1. The Morgan fingerprint density at radius 1 is 1.52 bits per heavy atom. The molecule has 126 valence electrons. The lowest BCUT2D eigenvalue weighted by molar-refractivity contribution is -0.158. The molecule has 0 bridgehead atoms. The van der Waals surface area contributed by atoms with Crippen LogP contribution in [-0.4, -0.2) is 12.1 Å². The van der Waals surface area contributed by atoms with E-state index in [0.29, 0.717) is 5.92 Å². The molecular formula is C20H28O3. The number of hydrogen-bond donors (Lipinski definition) is 0. The monoisotopic (exact) mass is 316 g/mol. The van der Waals surface area contributed by atoms with Gasteiger partial charge in [0.2, 0.25) is 0 Å². The third-order valence-corrected chi connectivity index (χ3v) is 6.26. The first-order chi connectivity index (χ1) is 10.9. The molecule has 0 fully saturated rings. The molecule has 0 N–H and O–H groups in total. The van der Waals surface area contributed by atoms with E-state index in [0.717, 1.165) is 31.4 Å². The second-order valence-corrected chi connectivity index (χ2v) is 7.63. The Bertz CT molecular complexity index is 639. The van der Waals surface area contributed by atoms with E-state index in [4.69, 9.17) is 9.15 Å². The van der Waals surface area contributed by atoms with E-state index < -0.39 is 0 Å². The first-order valence-electron chi connectivity index (χ1n) is 8.82. The normalized spacial score (nSPS) is 30.9. The number of hydrogen-bond acceptors (Lipinski definition) is 3. The van der Waals surface area contributed by atoms with Crippen LogP contribution in [0.25, 0.3) is 0 Å². The summed E-state index contributed by atoms with van der Waals surface area (Å²) >= 11 is 0. The molecule has 3 nitrogen and oxygen atoms in total. The SMILES string of the molecule is CCC(C)C(=O)OC1CC=C2Cc3occ(C)c3CC2(C)C1C. The molecule has 4 atom stereocenters. The summed E-state index contributed by atoms with van der Waals surface area (Å²) in [5.41, 5.74) is 4.10. The van der Waals surface area contributed by atoms with E-state index in [9.17, 15) is 4.79 Å². The van der Waals surface area contributed by atoms with Crippen molar-refractivity contribution in [3.8, 4) is 0 Å². The molecule has 0 aliphatic heterocycles. The Kier molecular flexibility index (Phi) is 4.16. The second-order valence-electron chi connectivity index (χ2n) is 7.63. The summed E-state index contributed by atoms with van der Waals surface area (Å²) in [5, 5.41) is 0. The van der Waals surface area contributed by atoms with Gasteiger partial charge in [-0.3, -0.25) is 4.79 Å². The zero-order chi connectivity index (χ0) is 16.8. The molecule has 4 unspecified atom stereocenters. The highest BCUT2D eigenvalue weighted by molar-refractivity contribution is 5.72. The lowest BCUT2D eigenvalue weighted by Crippen LogP contribution is -2.45. The van der Waals surface area contributed by atoms with Crippen LogP contribution >= 0.6 is 0 Å². The Morgan fingerprint density at radius 3 is 2.96 bits per heavy atom. The topological polar surface area (TPSA) is 39.4 Å². The van der Waals surface area contributed by atoms with Crippen LogP contribution in [0.3, 0.4) is 0 Å². The second kappa shape index (κ2) is 5.85. The number of esters is 1. The lowest BCUT2D eigenvalue weighted by atomic mass is 9.59. The molecule has 0 saturated heterocycles. The highest BCUT2D eigenvalue weighted by Crippen LogP contribution is 2.50. The number of carbonyl (C=O) groups excluding carboxylic acids is 1. The van der Waals surface area contributed by atoms with Gasteiger partial charge in [0.15, 0.2) is 0 Å². The predicted octanol–water partition coefficient (Wildman–Crippen LogP) is 4.62. The van der Waals surface area contributed by atoms with Crippen LogP contribution in [0.1, 0.15) is 57.4 Å². The summed E-state index contributed by atoms with van der Waals surface area (Å²) in [6, 6.07) is 0. The average molecular weight is 316 g/mol. The fourth-order valence-electron chi connectivity index (χ4n) is 3.98. The van der Waals surface area contributed by atoms with Gasteiger partial charge in [0.25, 0.3) is 0 Å². The van der Waals surface area contributed by atoms with Crippen molar-refractivity contribution in [3.05, 3.63) is 34.8 Å². The molecule has 2 aliphatic rings. The van der Waals surface area contributed by atoms with Gasteiger partial charge >= 0.3 is 5.97 Å². The molecule has 3 heteroatoms. The number of carbonyl (C=O) groups is 1. The molecular weight excluding hydrogens is 288 g/mol. The van der Waals surface area contributed by atoms with Gasteiger partial charge < -0.3 is 9.15 Å². The molecule has 0 spiro atoms. The standard InChI is InChI=1S/C20H28O3/c1-6-12(2)19(21)23-17-8-7-15-9-18-16(13(3)11-22-18)10-20(15,5)14(17)4/h7,11-12,14,17H,6,8-10H2,1-5H3. The summed E-state index contributed by atoms with van der Waals surface area (Å²) in [6.45, 7) is 10.7. The Balaban J connectivity index is 1.84. The molecule has 2 aliphatic carbocycles. The fourth-order valence-corrected chi connectivity index (χ4v) is 3.98. The van der Waals surface area contributed by atoms with Crippen molar-refractivity contribution in [2.75, 3.05) is 0 Å². The Hall–Kier alpha value is -1.51. The zero-order valence-electron chi connectivity index (χ0n) is 14.9. The summed E-state index contributed by atoms with van der Waals surface area (Å²) in [5.74, 6) is 1.36. The van der Waals surface area contributed by atoms with Crippen molar-refractivity contribution < 1.29 is 13.9 Å². The highest BCUT2D eigenvalue weighted by Gasteiger charge is 2.46. The first-order valence-corrected chi connectivity index (χ1v) is 8.82.